The standard InChI is InChI=1S/C16H23Br3O2/c1-4-6-16(10-17,7-5-2)11-21-15-9-12(18)14(20-3)8-13(15)19/h8-9H,4-7,10-11H2,1-3H3. The van der Waals surface area contributed by atoms with Crippen molar-refractivity contribution >= 4 is 47.8 Å². The van der Waals surface area contributed by atoms with Crippen molar-refractivity contribution in [2.24, 2.45) is 5.41 Å². The summed E-state index contributed by atoms with van der Waals surface area (Å²) in [6, 6.07) is 3.88. The lowest BCUT2D eigenvalue weighted by molar-refractivity contribution is 0.143. The van der Waals surface area contributed by atoms with Gasteiger partial charge in [0, 0.05) is 10.7 Å². The van der Waals surface area contributed by atoms with E-state index in [4.69, 9.17) is 9.47 Å². The summed E-state index contributed by atoms with van der Waals surface area (Å²) < 4.78 is 13.2. The molecule has 0 N–H and O–H groups in total. The number of halogens is 3. The van der Waals surface area contributed by atoms with Crippen LogP contribution in [-0.4, -0.2) is 19.0 Å². The normalized spacial score (nSPS) is 11.5. The zero-order valence-corrected chi connectivity index (χ0v) is 17.6. The summed E-state index contributed by atoms with van der Waals surface area (Å²) in [5, 5.41) is 0.969. The van der Waals surface area contributed by atoms with Crippen LogP contribution in [0.25, 0.3) is 0 Å². The van der Waals surface area contributed by atoms with Crippen LogP contribution < -0.4 is 9.47 Å². The Kier molecular flexibility index (Phi) is 8.65. The van der Waals surface area contributed by atoms with E-state index in [-0.39, 0.29) is 5.41 Å². The minimum absolute atomic E-state index is 0.204. The van der Waals surface area contributed by atoms with Gasteiger partial charge in [0.25, 0.3) is 0 Å². The van der Waals surface area contributed by atoms with Crippen molar-refractivity contribution in [3.05, 3.63) is 21.1 Å². The molecule has 21 heavy (non-hydrogen) atoms. The molecule has 0 unspecified atom stereocenters. The molecule has 5 heteroatoms. The number of alkyl halides is 1. The van der Waals surface area contributed by atoms with Crippen LogP contribution in [0.1, 0.15) is 39.5 Å². The monoisotopic (exact) mass is 484 g/mol. The highest BCUT2D eigenvalue weighted by Crippen LogP contribution is 2.38. The Hall–Kier alpha value is 0.260. The molecule has 0 atom stereocenters. The first kappa shape index (κ1) is 19.3. The molecule has 0 heterocycles. The molecular formula is C16H23Br3O2. The number of benzene rings is 1. The van der Waals surface area contributed by atoms with Gasteiger partial charge in [-0.2, -0.15) is 0 Å². The van der Waals surface area contributed by atoms with Crippen LogP contribution in [0, 0.1) is 5.41 Å². The third-order valence-corrected chi connectivity index (χ3v) is 6.01. The van der Waals surface area contributed by atoms with Gasteiger partial charge in [0.05, 0.1) is 22.7 Å². The highest BCUT2D eigenvalue weighted by Gasteiger charge is 2.28. The molecule has 0 aliphatic rings. The summed E-state index contributed by atoms with van der Waals surface area (Å²) in [4.78, 5) is 0. The van der Waals surface area contributed by atoms with Crippen molar-refractivity contribution in [2.45, 2.75) is 39.5 Å². The van der Waals surface area contributed by atoms with Gasteiger partial charge in [0.2, 0.25) is 0 Å². The first-order valence-electron chi connectivity index (χ1n) is 7.23. The third kappa shape index (κ3) is 5.43. The van der Waals surface area contributed by atoms with E-state index in [1.54, 1.807) is 7.11 Å². The number of hydrogen-bond donors (Lipinski definition) is 0. The third-order valence-electron chi connectivity index (χ3n) is 3.58. The fourth-order valence-electron chi connectivity index (χ4n) is 2.51. The minimum Gasteiger partial charge on any atom is -0.496 e. The highest BCUT2D eigenvalue weighted by molar-refractivity contribution is 9.11. The molecule has 0 radical (unpaired) electrons. The Bertz CT molecular complexity index is 443. The Labute approximate surface area is 153 Å². The number of ether oxygens (including phenoxy) is 2. The molecule has 0 spiro atoms. The van der Waals surface area contributed by atoms with Gasteiger partial charge in [-0.1, -0.05) is 42.6 Å². The summed E-state index contributed by atoms with van der Waals surface area (Å²) in [5.74, 6) is 1.64. The van der Waals surface area contributed by atoms with E-state index in [9.17, 15) is 0 Å². The highest BCUT2D eigenvalue weighted by atomic mass is 79.9. The molecule has 1 aromatic rings. The van der Waals surface area contributed by atoms with E-state index >= 15 is 0 Å². The fraction of sp³-hybridized carbons (Fsp3) is 0.625. The van der Waals surface area contributed by atoms with Crippen LogP contribution in [0.5, 0.6) is 11.5 Å². The molecule has 0 amide bonds. The maximum Gasteiger partial charge on any atom is 0.134 e. The Morgan fingerprint density at radius 1 is 1.00 bits per heavy atom. The quantitative estimate of drug-likeness (QED) is 0.367. The molecule has 0 aromatic heterocycles. The van der Waals surface area contributed by atoms with Gasteiger partial charge in [0.15, 0.2) is 0 Å². The van der Waals surface area contributed by atoms with Crippen LogP contribution in [0.15, 0.2) is 21.1 Å². The maximum atomic E-state index is 6.12. The van der Waals surface area contributed by atoms with Crippen LogP contribution in [-0.2, 0) is 0 Å². The molecule has 0 fully saturated rings. The van der Waals surface area contributed by atoms with Crippen molar-refractivity contribution in [3.63, 3.8) is 0 Å². The fourth-order valence-corrected chi connectivity index (χ4v) is 4.15. The predicted molar refractivity (Wildman–Crippen MR) is 99.9 cm³/mol. The van der Waals surface area contributed by atoms with Gasteiger partial charge in [-0.15, -0.1) is 0 Å². The lowest BCUT2D eigenvalue weighted by Crippen LogP contribution is -2.30. The van der Waals surface area contributed by atoms with Gasteiger partial charge >= 0.3 is 0 Å². The van der Waals surface area contributed by atoms with Crippen LogP contribution in [0.4, 0.5) is 0 Å². The van der Waals surface area contributed by atoms with Gasteiger partial charge in [-0.05, 0) is 56.8 Å². The van der Waals surface area contributed by atoms with Crippen molar-refractivity contribution in [1.29, 1.82) is 0 Å². The van der Waals surface area contributed by atoms with Crippen molar-refractivity contribution in [1.82, 2.24) is 0 Å². The van der Waals surface area contributed by atoms with E-state index in [2.05, 4.69) is 61.6 Å². The molecule has 0 saturated carbocycles. The van der Waals surface area contributed by atoms with Crippen molar-refractivity contribution < 1.29 is 9.47 Å². The van der Waals surface area contributed by atoms with Crippen LogP contribution in [0.3, 0.4) is 0 Å². The largest absolute Gasteiger partial charge is 0.496 e. The zero-order chi connectivity index (χ0) is 15.9. The Balaban J connectivity index is 2.87. The molecule has 0 aliphatic carbocycles. The van der Waals surface area contributed by atoms with E-state index in [1.807, 2.05) is 12.1 Å². The van der Waals surface area contributed by atoms with Crippen LogP contribution in [0.2, 0.25) is 0 Å². The van der Waals surface area contributed by atoms with E-state index in [1.165, 1.54) is 25.7 Å². The second kappa shape index (κ2) is 9.41. The molecule has 0 aliphatic heterocycles. The topological polar surface area (TPSA) is 18.5 Å². The Morgan fingerprint density at radius 3 is 2.00 bits per heavy atom. The second-order valence-electron chi connectivity index (χ2n) is 5.34. The number of hydrogen-bond acceptors (Lipinski definition) is 2. The predicted octanol–water partition coefficient (Wildman–Crippen LogP) is 6.58. The molecule has 0 saturated heterocycles. The Morgan fingerprint density at radius 2 is 1.52 bits per heavy atom. The van der Waals surface area contributed by atoms with Gasteiger partial charge in [-0.25, -0.2) is 0 Å². The number of rotatable bonds is 9. The van der Waals surface area contributed by atoms with Gasteiger partial charge < -0.3 is 9.47 Å². The van der Waals surface area contributed by atoms with Gasteiger partial charge in [-0.3, -0.25) is 0 Å². The summed E-state index contributed by atoms with van der Waals surface area (Å²) in [6.07, 6.45) is 4.67. The lowest BCUT2D eigenvalue weighted by atomic mass is 9.82. The molecule has 2 nitrogen and oxygen atoms in total. The summed E-state index contributed by atoms with van der Waals surface area (Å²) in [7, 11) is 1.66. The molecule has 0 bridgehead atoms. The second-order valence-corrected chi connectivity index (χ2v) is 7.61. The first-order chi connectivity index (χ1) is 10.0. The smallest absolute Gasteiger partial charge is 0.134 e. The maximum absolute atomic E-state index is 6.12. The average Bonchev–Trinajstić information content (AvgIpc) is 2.47. The summed E-state index contributed by atoms with van der Waals surface area (Å²) in [6.45, 7) is 5.18. The van der Waals surface area contributed by atoms with Gasteiger partial charge in [0.1, 0.15) is 11.5 Å². The van der Waals surface area contributed by atoms with Crippen LogP contribution >= 0.6 is 47.8 Å². The van der Waals surface area contributed by atoms with Crippen molar-refractivity contribution in [3.8, 4) is 11.5 Å². The van der Waals surface area contributed by atoms with E-state index in [0.717, 1.165) is 32.4 Å². The minimum atomic E-state index is 0.204. The molecule has 1 aromatic carbocycles. The van der Waals surface area contributed by atoms with E-state index in [0.29, 0.717) is 0 Å². The molecule has 1 rings (SSSR count). The van der Waals surface area contributed by atoms with E-state index < -0.39 is 0 Å². The lowest BCUT2D eigenvalue weighted by Gasteiger charge is -2.31. The first-order valence-corrected chi connectivity index (χ1v) is 9.94. The summed E-state index contributed by atoms with van der Waals surface area (Å²) >= 11 is 10.7. The molecule has 120 valence electrons. The molecular weight excluding hydrogens is 464 g/mol. The van der Waals surface area contributed by atoms with Crippen molar-refractivity contribution in [2.75, 3.05) is 19.0 Å². The average molecular weight is 487 g/mol. The summed E-state index contributed by atoms with van der Waals surface area (Å²) in [5.41, 5.74) is 0.204. The SMILES string of the molecule is CCCC(CBr)(CCC)COc1cc(Br)c(OC)cc1Br. The zero-order valence-electron chi connectivity index (χ0n) is 12.8. The number of methoxy groups -OCH3 is 1.